The Morgan fingerprint density at radius 1 is 0.895 bits per heavy atom. The average Bonchev–Trinajstić information content (AvgIpc) is 2.49. The van der Waals surface area contributed by atoms with E-state index in [2.05, 4.69) is 79.2 Å². The van der Waals surface area contributed by atoms with E-state index in [1.807, 2.05) is 6.92 Å². The van der Waals surface area contributed by atoms with Gasteiger partial charge in [-0.05, 0) is 38.7 Å². The number of hydrogen-bond donors (Lipinski definition) is 0. The van der Waals surface area contributed by atoms with Crippen molar-refractivity contribution in [3.63, 3.8) is 0 Å². The molecule has 0 spiro atoms. The third-order valence-electron chi connectivity index (χ3n) is 3.18. The first kappa shape index (κ1) is 14.2. The van der Waals surface area contributed by atoms with E-state index in [1.54, 1.807) is 0 Å². The lowest BCUT2D eigenvalue weighted by atomic mass is 10.4. The van der Waals surface area contributed by atoms with Gasteiger partial charge < -0.3 is 0 Å². The van der Waals surface area contributed by atoms with Crippen LogP contribution in [0.1, 0.15) is 6.92 Å². The molecule has 2 rings (SSSR count). The molecule has 0 aromatic heterocycles. The smallest absolute Gasteiger partial charge is 0.0578 e. The maximum atomic E-state index is 3.17. The quantitative estimate of drug-likeness (QED) is 0.575. The van der Waals surface area contributed by atoms with Crippen LogP contribution in [0.5, 0.6) is 0 Å². The molecule has 0 fully saturated rings. The van der Waals surface area contributed by atoms with Crippen LogP contribution in [0.4, 0.5) is 0 Å². The van der Waals surface area contributed by atoms with Gasteiger partial charge in [-0.3, -0.25) is 4.90 Å². The molecule has 0 saturated carbocycles. The van der Waals surface area contributed by atoms with Crippen molar-refractivity contribution in [2.45, 2.75) is 6.92 Å². The maximum absolute atomic E-state index is 3.17. The van der Waals surface area contributed by atoms with E-state index in [1.165, 1.54) is 16.8 Å². The largest absolute Gasteiger partial charge is 0.297 e. The molecule has 2 aromatic carbocycles. The molecule has 2 heteroatoms. The second-order valence-electron chi connectivity index (χ2n) is 4.47. The van der Waals surface area contributed by atoms with Crippen molar-refractivity contribution in [3.8, 4) is 0 Å². The van der Waals surface area contributed by atoms with Crippen LogP contribution in [-0.2, 0) is 0 Å². The van der Waals surface area contributed by atoms with Crippen LogP contribution < -0.4 is 10.6 Å². The van der Waals surface area contributed by atoms with Crippen LogP contribution >= 0.6 is 7.92 Å². The Kier molecular flexibility index (Phi) is 5.57. The second-order valence-corrected chi connectivity index (χ2v) is 6.80. The number of hydrogen-bond acceptors (Lipinski definition) is 1. The van der Waals surface area contributed by atoms with Gasteiger partial charge in [-0.2, -0.15) is 0 Å². The van der Waals surface area contributed by atoms with E-state index in [0.717, 1.165) is 6.54 Å². The lowest BCUT2D eigenvalue weighted by Gasteiger charge is -2.21. The monoisotopic (exact) mass is 269 g/mol. The molecule has 2 aromatic rings. The minimum atomic E-state index is -0.271. The molecule has 0 unspecified atom stereocenters. The summed E-state index contributed by atoms with van der Waals surface area (Å²) in [5.41, 5.74) is 0. The van der Waals surface area contributed by atoms with Crippen LogP contribution in [0, 0.1) is 6.54 Å². The first-order chi connectivity index (χ1) is 9.31. The predicted octanol–water partition coefficient (Wildman–Crippen LogP) is 3.11. The molecule has 0 aliphatic carbocycles. The van der Waals surface area contributed by atoms with Crippen molar-refractivity contribution in [3.05, 3.63) is 67.2 Å². The van der Waals surface area contributed by atoms with Gasteiger partial charge in [0, 0.05) is 6.54 Å². The first-order valence-corrected chi connectivity index (χ1v) is 8.10. The Labute approximate surface area is 118 Å². The average molecular weight is 269 g/mol. The summed E-state index contributed by atoms with van der Waals surface area (Å²) in [5, 5.41) is 2.90. The fourth-order valence-corrected chi connectivity index (χ4v) is 4.36. The van der Waals surface area contributed by atoms with E-state index in [-0.39, 0.29) is 7.92 Å². The van der Waals surface area contributed by atoms with Crippen LogP contribution in [-0.4, -0.2) is 24.7 Å². The molecule has 0 heterocycles. The minimum absolute atomic E-state index is 0.271. The molecule has 0 saturated heterocycles. The van der Waals surface area contributed by atoms with Crippen LogP contribution in [0.15, 0.2) is 60.7 Å². The van der Waals surface area contributed by atoms with Gasteiger partial charge in [0.15, 0.2) is 0 Å². The number of nitrogens with zero attached hydrogens (tertiary/aromatic N) is 1. The van der Waals surface area contributed by atoms with Gasteiger partial charge in [0.25, 0.3) is 0 Å². The number of rotatable bonds is 6. The summed E-state index contributed by atoms with van der Waals surface area (Å²) in [4.78, 5) is 2.14. The zero-order valence-corrected chi connectivity index (χ0v) is 12.5. The molecule has 98 valence electrons. The molecule has 0 bridgehead atoms. The molecule has 0 N–H and O–H groups in total. The highest BCUT2D eigenvalue weighted by Gasteiger charge is 2.13. The summed E-state index contributed by atoms with van der Waals surface area (Å²) in [7, 11) is 1.82. The standard InChI is InChI=1S/C17H20NP/c1-3-18(2)14-15-19(16-10-6-4-7-11-16)17-12-8-5-9-13-17/h4-13H,14-15H2,1-2H3. The van der Waals surface area contributed by atoms with Gasteiger partial charge in [-0.15, -0.1) is 0 Å². The Bertz CT molecular complexity index is 430. The van der Waals surface area contributed by atoms with E-state index in [0.29, 0.717) is 0 Å². The SMILES string of the molecule is C[C]N(C)CCP(c1ccccc1)c1ccccc1. The summed E-state index contributed by atoms with van der Waals surface area (Å²) < 4.78 is 0. The van der Waals surface area contributed by atoms with E-state index in [9.17, 15) is 0 Å². The van der Waals surface area contributed by atoms with Gasteiger partial charge in [-0.1, -0.05) is 60.7 Å². The Morgan fingerprint density at radius 3 is 1.79 bits per heavy atom. The van der Waals surface area contributed by atoms with Gasteiger partial charge in [0.2, 0.25) is 0 Å². The Balaban J connectivity index is 2.19. The van der Waals surface area contributed by atoms with Gasteiger partial charge in [0.05, 0.1) is 6.54 Å². The topological polar surface area (TPSA) is 3.24 Å². The molecule has 0 aliphatic heterocycles. The second kappa shape index (κ2) is 7.43. The summed E-state index contributed by atoms with van der Waals surface area (Å²) in [6, 6.07) is 21.7. The van der Waals surface area contributed by atoms with Crippen molar-refractivity contribution in [1.29, 1.82) is 0 Å². The van der Waals surface area contributed by atoms with Crippen molar-refractivity contribution < 1.29 is 0 Å². The van der Waals surface area contributed by atoms with Crippen LogP contribution in [0.2, 0.25) is 0 Å². The van der Waals surface area contributed by atoms with Crippen molar-refractivity contribution in [1.82, 2.24) is 4.90 Å². The highest BCUT2D eigenvalue weighted by atomic mass is 31.1. The predicted molar refractivity (Wildman–Crippen MR) is 85.5 cm³/mol. The zero-order chi connectivity index (χ0) is 13.5. The zero-order valence-electron chi connectivity index (χ0n) is 11.6. The maximum Gasteiger partial charge on any atom is 0.0578 e. The normalized spacial score (nSPS) is 11.2. The lowest BCUT2D eigenvalue weighted by Crippen LogP contribution is -2.22. The summed E-state index contributed by atoms with van der Waals surface area (Å²) >= 11 is 0. The van der Waals surface area contributed by atoms with E-state index in [4.69, 9.17) is 0 Å². The highest BCUT2D eigenvalue weighted by Crippen LogP contribution is 2.32. The third kappa shape index (κ3) is 4.16. The summed E-state index contributed by atoms with van der Waals surface area (Å²) in [5.74, 6) is 0. The molecule has 0 amide bonds. The van der Waals surface area contributed by atoms with Crippen LogP contribution in [0.3, 0.4) is 0 Å². The van der Waals surface area contributed by atoms with Gasteiger partial charge in [0.1, 0.15) is 0 Å². The fraction of sp³-hybridized carbons (Fsp3) is 0.235. The fourth-order valence-electron chi connectivity index (χ4n) is 1.98. The van der Waals surface area contributed by atoms with Crippen LogP contribution in [0.25, 0.3) is 0 Å². The Morgan fingerprint density at radius 2 is 1.37 bits per heavy atom. The minimum Gasteiger partial charge on any atom is -0.297 e. The van der Waals surface area contributed by atoms with E-state index < -0.39 is 0 Å². The van der Waals surface area contributed by atoms with Crippen molar-refractivity contribution in [2.24, 2.45) is 0 Å². The molecule has 0 aliphatic rings. The summed E-state index contributed by atoms with van der Waals surface area (Å²) in [6.07, 6.45) is 1.17. The molecular weight excluding hydrogens is 249 g/mol. The molecule has 1 nitrogen and oxygen atoms in total. The Hall–Kier alpha value is -1.17. The lowest BCUT2D eigenvalue weighted by molar-refractivity contribution is 0.437. The van der Waals surface area contributed by atoms with E-state index >= 15 is 0 Å². The van der Waals surface area contributed by atoms with Gasteiger partial charge in [-0.25, -0.2) is 0 Å². The molecule has 0 atom stereocenters. The molecule has 19 heavy (non-hydrogen) atoms. The van der Waals surface area contributed by atoms with Gasteiger partial charge >= 0.3 is 0 Å². The molecular formula is C17H20NP. The third-order valence-corrected chi connectivity index (χ3v) is 5.67. The molecule has 2 radical (unpaired) electrons. The highest BCUT2D eigenvalue weighted by molar-refractivity contribution is 7.73. The van der Waals surface area contributed by atoms with Crippen molar-refractivity contribution in [2.75, 3.05) is 19.8 Å². The van der Waals surface area contributed by atoms with Crippen molar-refractivity contribution >= 4 is 18.5 Å². The number of benzene rings is 2. The summed E-state index contributed by atoms with van der Waals surface area (Å²) in [6.45, 7) is 6.18. The first-order valence-electron chi connectivity index (χ1n) is 6.57.